The average Bonchev–Trinajstić information content (AvgIpc) is 2.68. The Bertz CT molecular complexity index is 1210. The smallest absolute Gasteiger partial charge is 0.416 e. The zero-order valence-corrected chi connectivity index (χ0v) is 16.9. The van der Waals surface area contributed by atoms with Crippen LogP contribution in [0.4, 0.5) is 24.5 Å². The summed E-state index contributed by atoms with van der Waals surface area (Å²) < 4.78 is 62.9. The molecule has 0 spiro atoms. The fourth-order valence-corrected chi connectivity index (χ4v) is 3.32. The minimum atomic E-state index is -4.41. The highest BCUT2D eigenvalue weighted by Crippen LogP contribution is 2.31. The van der Waals surface area contributed by atoms with Crippen molar-refractivity contribution in [3.63, 3.8) is 0 Å². The number of carbonyl (C=O) groups excluding carboxylic acids is 1. The quantitative estimate of drug-likeness (QED) is 0.491. The molecule has 162 valence electrons. The third kappa shape index (κ3) is 5.76. The standard InChI is InChI=1S/C21H17F3N2O4S/c1-31(29,30)26-18-12-15(6-11-19(18)27)20(28)25-17-9-4-14(5-10-17)13-2-7-16(8-3-13)21(22,23)24/h2-12,26-27H,1H3,(H,25,28). The summed E-state index contributed by atoms with van der Waals surface area (Å²) in [6.07, 6.45) is -3.49. The number of phenols is 1. The Morgan fingerprint density at radius 3 is 1.97 bits per heavy atom. The molecule has 0 heterocycles. The van der Waals surface area contributed by atoms with Crippen molar-refractivity contribution in [1.29, 1.82) is 0 Å². The molecular weight excluding hydrogens is 433 g/mol. The zero-order valence-electron chi connectivity index (χ0n) is 16.1. The molecule has 3 aromatic carbocycles. The molecule has 0 aromatic heterocycles. The van der Waals surface area contributed by atoms with Crippen LogP contribution >= 0.6 is 0 Å². The van der Waals surface area contributed by atoms with Gasteiger partial charge in [-0.05, 0) is 53.6 Å². The second kappa shape index (κ2) is 8.31. The minimum absolute atomic E-state index is 0.107. The van der Waals surface area contributed by atoms with E-state index < -0.39 is 27.7 Å². The molecular formula is C21H17F3N2O4S. The highest BCUT2D eigenvalue weighted by Gasteiger charge is 2.29. The molecule has 0 saturated carbocycles. The van der Waals surface area contributed by atoms with Crippen LogP contribution < -0.4 is 10.0 Å². The average molecular weight is 450 g/mol. The van der Waals surface area contributed by atoms with E-state index in [9.17, 15) is 31.5 Å². The molecule has 0 aliphatic rings. The Morgan fingerprint density at radius 2 is 1.45 bits per heavy atom. The van der Waals surface area contributed by atoms with Gasteiger partial charge in [0.2, 0.25) is 10.0 Å². The van der Waals surface area contributed by atoms with Crippen LogP contribution in [0, 0.1) is 0 Å². The first-order valence-corrected chi connectivity index (χ1v) is 10.7. The van der Waals surface area contributed by atoms with Gasteiger partial charge in [0.15, 0.2) is 0 Å². The fraction of sp³-hybridized carbons (Fsp3) is 0.0952. The molecule has 3 aromatic rings. The molecule has 0 bridgehead atoms. The zero-order chi connectivity index (χ0) is 22.8. The van der Waals surface area contributed by atoms with Crippen molar-refractivity contribution in [3.8, 4) is 16.9 Å². The number of alkyl halides is 3. The van der Waals surface area contributed by atoms with Crippen molar-refractivity contribution >= 4 is 27.3 Å². The van der Waals surface area contributed by atoms with Crippen molar-refractivity contribution in [3.05, 3.63) is 77.9 Å². The normalized spacial score (nSPS) is 11.7. The number of rotatable bonds is 5. The van der Waals surface area contributed by atoms with E-state index in [-0.39, 0.29) is 17.0 Å². The molecule has 3 N–H and O–H groups in total. The Labute approximate surface area is 176 Å². The maximum atomic E-state index is 12.7. The van der Waals surface area contributed by atoms with Crippen LogP contribution in [0.15, 0.2) is 66.7 Å². The van der Waals surface area contributed by atoms with Gasteiger partial charge in [0.1, 0.15) is 5.75 Å². The summed E-state index contributed by atoms with van der Waals surface area (Å²) in [5.74, 6) is -0.873. The first-order chi connectivity index (χ1) is 14.4. The molecule has 0 saturated heterocycles. The van der Waals surface area contributed by atoms with Gasteiger partial charge in [-0.1, -0.05) is 24.3 Å². The first kappa shape index (κ1) is 22.2. The molecule has 0 unspecified atom stereocenters. The van der Waals surface area contributed by atoms with E-state index in [4.69, 9.17) is 0 Å². The Hall–Kier alpha value is -3.53. The van der Waals surface area contributed by atoms with Crippen molar-refractivity contribution in [2.45, 2.75) is 6.18 Å². The maximum Gasteiger partial charge on any atom is 0.416 e. The van der Waals surface area contributed by atoms with Gasteiger partial charge in [0, 0.05) is 11.3 Å². The number of hydrogen-bond donors (Lipinski definition) is 3. The third-order valence-electron chi connectivity index (χ3n) is 4.24. The number of hydrogen-bond acceptors (Lipinski definition) is 4. The SMILES string of the molecule is CS(=O)(=O)Nc1cc(C(=O)Nc2ccc(-c3ccc(C(F)(F)F)cc3)cc2)ccc1O. The second-order valence-electron chi connectivity index (χ2n) is 6.71. The highest BCUT2D eigenvalue weighted by atomic mass is 32.2. The summed E-state index contributed by atoms with van der Waals surface area (Å²) in [6.45, 7) is 0. The Morgan fingerprint density at radius 1 is 0.903 bits per heavy atom. The Balaban J connectivity index is 1.74. The highest BCUT2D eigenvalue weighted by molar-refractivity contribution is 7.92. The number of amides is 1. The molecule has 6 nitrogen and oxygen atoms in total. The second-order valence-corrected chi connectivity index (χ2v) is 8.46. The van der Waals surface area contributed by atoms with Crippen LogP contribution in [0.2, 0.25) is 0 Å². The lowest BCUT2D eigenvalue weighted by Gasteiger charge is -2.11. The molecule has 0 radical (unpaired) electrons. The van der Waals surface area contributed by atoms with E-state index in [1.54, 1.807) is 24.3 Å². The molecule has 0 aliphatic carbocycles. The van der Waals surface area contributed by atoms with Gasteiger partial charge in [-0.3, -0.25) is 9.52 Å². The lowest BCUT2D eigenvalue weighted by atomic mass is 10.0. The lowest BCUT2D eigenvalue weighted by molar-refractivity contribution is -0.137. The van der Waals surface area contributed by atoms with E-state index in [1.807, 2.05) is 0 Å². The van der Waals surface area contributed by atoms with Crippen LogP contribution in [-0.4, -0.2) is 25.7 Å². The monoisotopic (exact) mass is 450 g/mol. The van der Waals surface area contributed by atoms with Crippen LogP contribution in [0.3, 0.4) is 0 Å². The van der Waals surface area contributed by atoms with Crippen molar-refractivity contribution in [2.75, 3.05) is 16.3 Å². The first-order valence-electron chi connectivity index (χ1n) is 8.82. The summed E-state index contributed by atoms with van der Waals surface area (Å²) in [6, 6.07) is 14.9. The molecule has 3 rings (SSSR count). The maximum absolute atomic E-state index is 12.7. The number of nitrogens with one attached hydrogen (secondary N) is 2. The van der Waals surface area contributed by atoms with Gasteiger partial charge in [0.25, 0.3) is 5.91 Å². The van der Waals surface area contributed by atoms with Crippen molar-refractivity contribution in [2.24, 2.45) is 0 Å². The van der Waals surface area contributed by atoms with Gasteiger partial charge >= 0.3 is 6.18 Å². The molecule has 0 atom stereocenters. The fourth-order valence-electron chi connectivity index (χ4n) is 2.76. The third-order valence-corrected chi connectivity index (χ3v) is 4.83. The molecule has 0 aliphatic heterocycles. The number of sulfonamides is 1. The number of halogens is 3. The minimum Gasteiger partial charge on any atom is -0.506 e. The predicted octanol–water partition coefficient (Wildman–Crippen LogP) is 4.70. The number of carbonyl (C=O) groups is 1. The van der Waals surface area contributed by atoms with Gasteiger partial charge < -0.3 is 10.4 Å². The summed E-state index contributed by atoms with van der Waals surface area (Å²) in [5.41, 5.74) is 0.908. The van der Waals surface area contributed by atoms with E-state index >= 15 is 0 Å². The molecule has 10 heteroatoms. The van der Waals surface area contributed by atoms with E-state index in [1.165, 1.54) is 30.3 Å². The number of anilines is 2. The van der Waals surface area contributed by atoms with E-state index in [0.717, 1.165) is 18.4 Å². The topological polar surface area (TPSA) is 95.5 Å². The van der Waals surface area contributed by atoms with Crippen LogP contribution in [0.25, 0.3) is 11.1 Å². The van der Waals surface area contributed by atoms with Gasteiger partial charge in [-0.2, -0.15) is 13.2 Å². The Kier molecular flexibility index (Phi) is 5.94. The van der Waals surface area contributed by atoms with Gasteiger partial charge in [0.05, 0.1) is 17.5 Å². The number of aromatic hydroxyl groups is 1. The summed E-state index contributed by atoms with van der Waals surface area (Å²) >= 11 is 0. The largest absolute Gasteiger partial charge is 0.506 e. The summed E-state index contributed by atoms with van der Waals surface area (Å²) in [7, 11) is -3.65. The lowest BCUT2D eigenvalue weighted by Crippen LogP contribution is -2.14. The van der Waals surface area contributed by atoms with Crippen LogP contribution in [0.1, 0.15) is 15.9 Å². The number of phenolic OH excluding ortho intramolecular Hbond substituents is 1. The predicted molar refractivity (Wildman–Crippen MR) is 111 cm³/mol. The van der Waals surface area contributed by atoms with E-state index in [2.05, 4.69) is 10.0 Å². The summed E-state index contributed by atoms with van der Waals surface area (Å²) in [5, 5.41) is 12.4. The van der Waals surface area contributed by atoms with Gasteiger partial charge in [-0.15, -0.1) is 0 Å². The van der Waals surface area contributed by atoms with Crippen LogP contribution in [-0.2, 0) is 16.2 Å². The summed E-state index contributed by atoms with van der Waals surface area (Å²) in [4.78, 5) is 12.5. The van der Waals surface area contributed by atoms with E-state index in [0.29, 0.717) is 16.8 Å². The molecule has 0 fully saturated rings. The van der Waals surface area contributed by atoms with Gasteiger partial charge in [-0.25, -0.2) is 8.42 Å². The van der Waals surface area contributed by atoms with Crippen LogP contribution in [0.5, 0.6) is 5.75 Å². The molecule has 1 amide bonds. The van der Waals surface area contributed by atoms with Crippen molar-refractivity contribution in [1.82, 2.24) is 0 Å². The number of benzene rings is 3. The molecule has 31 heavy (non-hydrogen) atoms. The van der Waals surface area contributed by atoms with Crippen molar-refractivity contribution < 1.29 is 31.5 Å².